The molecule has 2 aromatic heterocycles. The van der Waals surface area contributed by atoms with Crippen molar-refractivity contribution in [3.05, 3.63) is 82.5 Å². The topological polar surface area (TPSA) is 87.8 Å². The monoisotopic (exact) mass is 471 g/mol. The van der Waals surface area contributed by atoms with E-state index < -0.39 is 0 Å². The van der Waals surface area contributed by atoms with Crippen molar-refractivity contribution in [1.29, 1.82) is 0 Å². The minimum atomic E-state index is -0.362. The smallest absolute Gasteiger partial charge is 0.350 e. The third-order valence-electron chi connectivity index (χ3n) is 6.37. The highest BCUT2D eigenvalue weighted by atomic mass is 16.2. The first kappa shape index (κ1) is 22.6. The van der Waals surface area contributed by atoms with E-state index in [0.717, 1.165) is 38.2 Å². The highest BCUT2D eigenvalue weighted by molar-refractivity contribution is 5.90. The number of hydrogen-bond donors (Lipinski definition) is 1. The van der Waals surface area contributed by atoms with Gasteiger partial charge in [0, 0.05) is 49.9 Å². The lowest BCUT2D eigenvalue weighted by atomic mass is 10.1. The largest absolute Gasteiger partial charge is 0.368 e. The summed E-state index contributed by atoms with van der Waals surface area (Å²) < 4.78 is 2.65. The number of amides is 1. The molecular weight excluding hydrogens is 442 g/mol. The van der Waals surface area contributed by atoms with E-state index in [1.54, 1.807) is 12.4 Å². The Morgan fingerprint density at radius 3 is 2.51 bits per heavy atom. The van der Waals surface area contributed by atoms with E-state index in [1.165, 1.54) is 20.3 Å². The van der Waals surface area contributed by atoms with Gasteiger partial charge in [-0.1, -0.05) is 36.8 Å². The molecule has 3 heterocycles. The Kier molecular flexibility index (Phi) is 6.22. The number of nitrogens with one attached hydrogen (secondary N) is 1. The first-order chi connectivity index (χ1) is 17.0. The quantitative estimate of drug-likeness (QED) is 0.465. The Hall–Kier alpha value is -4.14. The minimum Gasteiger partial charge on any atom is -0.368 e. The van der Waals surface area contributed by atoms with Gasteiger partial charge >= 0.3 is 5.69 Å². The molecule has 1 amide bonds. The maximum atomic E-state index is 12.9. The van der Waals surface area contributed by atoms with Crippen LogP contribution in [0.25, 0.3) is 5.65 Å². The summed E-state index contributed by atoms with van der Waals surface area (Å²) in [5, 5.41) is 7.34. The van der Waals surface area contributed by atoms with Gasteiger partial charge < -0.3 is 15.1 Å². The fourth-order valence-electron chi connectivity index (χ4n) is 4.40. The molecule has 0 radical (unpaired) electrons. The van der Waals surface area contributed by atoms with Gasteiger partial charge in [-0.15, -0.1) is 5.10 Å². The lowest BCUT2D eigenvalue weighted by molar-refractivity contribution is -0.117. The summed E-state index contributed by atoms with van der Waals surface area (Å²) in [4.78, 5) is 34.6. The van der Waals surface area contributed by atoms with Crippen LogP contribution in [-0.4, -0.2) is 51.3 Å². The van der Waals surface area contributed by atoms with Crippen molar-refractivity contribution in [2.24, 2.45) is 0 Å². The Morgan fingerprint density at radius 2 is 1.77 bits per heavy atom. The molecule has 1 aliphatic rings. The Balaban J connectivity index is 1.31. The van der Waals surface area contributed by atoms with Gasteiger partial charge in [0.15, 0.2) is 5.82 Å². The lowest BCUT2D eigenvalue weighted by Gasteiger charge is -2.36. The Morgan fingerprint density at radius 1 is 1.03 bits per heavy atom. The summed E-state index contributed by atoms with van der Waals surface area (Å²) >= 11 is 0. The van der Waals surface area contributed by atoms with Crippen molar-refractivity contribution in [2.75, 3.05) is 41.3 Å². The Labute approximate surface area is 203 Å². The van der Waals surface area contributed by atoms with E-state index in [1.807, 2.05) is 24.3 Å². The van der Waals surface area contributed by atoms with Gasteiger partial charge in [-0.3, -0.25) is 4.79 Å². The second-order valence-electron chi connectivity index (χ2n) is 8.80. The van der Waals surface area contributed by atoms with Crippen LogP contribution in [0.1, 0.15) is 18.1 Å². The van der Waals surface area contributed by atoms with Gasteiger partial charge in [0.05, 0.1) is 0 Å². The van der Waals surface area contributed by atoms with Crippen LogP contribution in [0, 0.1) is 6.92 Å². The van der Waals surface area contributed by atoms with Crippen LogP contribution in [-0.2, 0) is 17.8 Å². The first-order valence-electron chi connectivity index (χ1n) is 11.9. The van der Waals surface area contributed by atoms with Crippen molar-refractivity contribution in [1.82, 2.24) is 19.2 Å². The molecule has 0 atom stereocenters. The Bertz CT molecular complexity index is 1400. The fraction of sp³-hybridized carbons (Fsp3) is 0.308. The van der Waals surface area contributed by atoms with Crippen LogP contribution in [0.3, 0.4) is 0 Å². The summed E-state index contributed by atoms with van der Waals surface area (Å²) in [6.07, 6.45) is 4.08. The lowest BCUT2D eigenvalue weighted by Crippen LogP contribution is -2.47. The summed E-state index contributed by atoms with van der Waals surface area (Å²) in [5.74, 6) is 0.355. The average Bonchev–Trinajstić information content (AvgIpc) is 3.19. The van der Waals surface area contributed by atoms with E-state index in [-0.39, 0.29) is 18.1 Å². The van der Waals surface area contributed by atoms with Crippen molar-refractivity contribution < 1.29 is 4.79 Å². The third-order valence-corrected chi connectivity index (χ3v) is 6.37. The van der Waals surface area contributed by atoms with Gasteiger partial charge in [0.2, 0.25) is 11.6 Å². The first-order valence-corrected chi connectivity index (χ1v) is 11.9. The number of benzene rings is 2. The van der Waals surface area contributed by atoms with Gasteiger partial charge in [0.25, 0.3) is 0 Å². The number of rotatable bonds is 6. The molecule has 0 aliphatic carbocycles. The molecular formula is C26H29N7O2. The zero-order valence-corrected chi connectivity index (χ0v) is 20.0. The molecule has 0 spiro atoms. The van der Waals surface area contributed by atoms with Crippen molar-refractivity contribution >= 4 is 28.7 Å². The number of nitrogens with zero attached hydrogens (tertiary/aromatic N) is 6. The van der Waals surface area contributed by atoms with Gasteiger partial charge in [0.1, 0.15) is 6.54 Å². The minimum absolute atomic E-state index is 0.169. The number of hydrogen-bond acceptors (Lipinski definition) is 6. The molecule has 5 rings (SSSR count). The number of aromatic nitrogens is 4. The maximum absolute atomic E-state index is 12.9. The molecule has 2 aromatic carbocycles. The van der Waals surface area contributed by atoms with Crippen LogP contribution in [0.4, 0.5) is 17.2 Å². The summed E-state index contributed by atoms with van der Waals surface area (Å²) in [5.41, 5.74) is 4.39. The van der Waals surface area contributed by atoms with Crippen LogP contribution < -0.4 is 20.8 Å². The average molecular weight is 472 g/mol. The molecule has 0 unspecified atom stereocenters. The summed E-state index contributed by atoms with van der Waals surface area (Å²) in [7, 11) is 0. The second kappa shape index (κ2) is 9.61. The van der Waals surface area contributed by atoms with E-state index in [9.17, 15) is 9.59 Å². The molecule has 4 aromatic rings. The van der Waals surface area contributed by atoms with Crippen LogP contribution in [0.5, 0.6) is 0 Å². The summed E-state index contributed by atoms with van der Waals surface area (Å²) in [6.45, 7) is 7.18. The zero-order valence-electron chi connectivity index (χ0n) is 20.0. The van der Waals surface area contributed by atoms with Crippen LogP contribution in [0.2, 0.25) is 0 Å². The van der Waals surface area contributed by atoms with Gasteiger partial charge in [-0.05, 0) is 43.2 Å². The standard InChI is InChI=1S/C26H29N7O2/c1-3-20-5-4-6-21(17-20)28-23(34)18-33-26(35)32-12-11-27-24(25(32)29-33)31-15-13-30(14-16-31)22-9-7-19(2)8-10-22/h4-12,17H,3,13-16,18H2,1-2H3,(H,28,34). The highest BCUT2D eigenvalue weighted by Crippen LogP contribution is 2.21. The third kappa shape index (κ3) is 4.75. The number of anilines is 3. The summed E-state index contributed by atoms with van der Waals surface area (Å²) in [6, 6.07) is 16.2. The molecule has 9 heteroatoms. The number of fused-ring (bicyclic) bond motifs is 1. The molecule has 0 bridgehead atoms. The van der Waals surface area contributed by atoms with E-state index >= 15 is 0 Å². The number of carbonyl (C=O) groups is 1. The van der Waals surface area contributed by atoms with Gasteiger partial charge in [-0.2, -0.15) is 0 Å². The van der Waals surface area contributed by atoms with Crippen LogP contribution >= 0.6 is 0 Å². The molecule has 1 N–H and O–H groups in total. The molecule has 9 nitrogen and oxygen atoms in total. The molecule has 35 heavy (non-hydrogen) atoms. The predicted octanol–water partition coefficient (Wildman–Crippen LogP) is 2.73. The SMILES string of the molecule is CCc1cccc(NC(=O)Cn2nc3c(N4CCN(c5ccc(C)cc5)CC4)nccn3c2=O)c1. The van der Waals surface area contributed by atoms with Gasteiger partial charge in [-0.25, -0.2) is 18.9 Å². The van der Waals surface area contributed by atoms with Crippen LogP contribution in [0.15, 0.2) is 65.7 Å². The number of carbonyl (C=O) groups excluding carboxylic acids is 1. The van der Waals surface area contributed by atoms with Crippen molar-refractivity contribution in [3.8, 4) is 0 Å². The maximum Gasteiger partial charge on any atom is 0.350 e. The zero-order chi connectivity index (χ0) is 24.4. The number of piperazine rings is 1. The molecule has 1 aliphatic heterocycles. The molecule has 0 saturated carbocycles. The molecule has 180 valence electrons. The van der Waals surface area contributed by atoms with Crippen molar-refractivity contribution in [2.45, 2.75) is 26.8 Å². The number of aryl methyl sites for hydroxylation is 2. The van der Waals surface area contributed by atoms with E-state index in [2.05, 4.69) is 63.3 Å². The molecule has 1 fully saturated rings. The fourth-order valence-corrected chi connectivity index (χ4v) is 4.40. The van der Waals surface area contributed by atoms with E-state index in [0.29, 0.717) is 17.2 Å². The highest BCUT2D eigenvalue weighted by Gasteiger charge is 2.23. The van der Waals surface area contributed by atoms with E-state index in [4.69, 9.17) is 0 Å². The predicted molar refractivity (Wildman–Crippen MR) is 137 cm³/mol. The second-order valence-corrected chi connectivity index (χ2v) is 8.80. The normalized spacial score (nSPS) is 13.9. The molecule has 1 saturated heterocycles. The van der Waals surface area contributed by atoms with Crippen molar-refractivity contribution in [3.63, 3.8) is 0 Å².